The van der Waals surface area contributed by atoms with Crippen LogP contribution in [0, 0.1) is 0 Å². The second-order valence-electron chi connectivity index (χ2n) is 6.93. The number of benzene rings is 3. The van der Waals surface area contributed by atoms with Gasteiger partial charge in [0.05, 0.1) is 5.54 Å². The van der Waals surface area contributed by atoms with Crippen LogP contribution in [0.3, 0.4) is 0 Å². The molecule has 0 bridgehead atoms. The summed E-state index contributed by atoms with van der Waals surface area (Å²) in [5.41, 5.74) is 4.87. The Morgan fingerprint density at radius 3 is 2.28 bits per heavy atom. The molecular formula is C23H21NO. The Kier molecular flexibility index (Phi) is 3.69. The molecule has 0 saturated heterocycles. The third kappa shape index (κ3) is 2.85. The summed E-state index contributed by atoms with van der Waals surface area (Å²) in [6.07, 6.45) is 0. The third-order valence-corrected chi connectivity index (χ3v) is 4.72. The molecule has 1 aromatic heterocycles. The molecule has 124 valence electrons. The van der Waals surface area contributed by atoms with E-state index in [0.29, 0.717) is 0 Å². The van der Waals surface area contributed by atoms with Gasteiger partial charge < -0.3 is 4.42 Å². The number of para-hydroxylation sites is 1. The molecule has 0 spiro atoms. The minimum absolute atomic E-state index is 0.270. The van der Waals surface area contributed by atoms with Crippen molar-refractivity contribution in [2.24, 2.45) is 4.99 Å². The maximum atomic E-state index is 6.00. The van der Waals surface area contributed by atoms with Gasteiger partial charge in [0.1, 0.15) is 11.2 Å². The zero-order valence-electron chi connectivity index (χ0n) is 14.8. The number of aliphatic imine (C=N–C) groups is 1. The molecule has 0 unspecified atom stereocenters. The number of furan rings is 1. The van der Waals surface area contributed by atoms with Crippen molar-refractivity contribution in [3.63, 3.8) is 0 Å². The molecule has 1 heterocycles. The molecule has 0 radical (unpaired) electrons. The average molecular weight is 327 g/mol. The van der Waals surface area contributed by atoms with Crippen molar-refractivity contribution in [2.45, 2.75) is 26.3 Å². The molecule has 0 N–H and O–H groups in total. The van der Waals surface area contributed by atoms with E-state index >= 15 is 0 Å². The van der Waals surface area contributed by atoms with E-state index < -0.39 is 0 Å². The summed E-state index contributed by atoms with van der Waals surface area (Å²) >= 11 is 0. The van der Waals surface area contributed by atoms with Gasteiger partial charge in [-0.15, -0.1) is 0 Å². The summed E-state index contributed by atoms with van der Waals surface area (Å²) in [5.74, 6) is 0. The topological polar surface area (TPSA) is 25.5 Å². The molecule has 0 atom stereocenters. The summed E-state index contributed by atoms with van der Waals surface area (Å²) < 4.78 is 6.00. The van der Waals surface area contributed by atoms with Gasteiger partial charge in [-0.25, -0.2) is 0 Å². The lowest BCUT2D eigenvalue weighted by Crippen LogP contribution is -2.16. The van der Waals surface area contributed by atoms with Crippen molar-refractivity contribution in [2.75, 3.05) is 0 Å². The smallest absolute Gasteiger partial charge is 0.136 e. The van der Waals surface area contributed by atoms with Crippen LogP contribution in [0.2, 0.25) is 0 Å². The summed E-state index contributed by atoms with van der Waals surface area (Å²) in [6, 6.07) is 24.9. The molecule has 0 aliphatic carbocycles. The first kappa shape index (κ1) is 15.6. The van der Waals surface area contributed by atoms with Gasteiger partial charge in [0, 0.05) is 16.5 Å². The van der Waals surface area contributed by atoms with E-state index in [1.807, 2.05) is 24.3 Å². The van der Waals surface area contributed by atoms with Gasteiger partial charge >= 0.3 is 0 Å². The van der Waals surface area contributed by atoms with Crippen LogP contribution in [0.1, 0.15) is 31.9 Å². The van der Waals surface area contributed by atoms with Crippen LogP contribution in [0.15, 0.2) is 82.2 Å². The van der Waals surface area contributed by atoms with Crippen LogP contribution in [-0.2, 0) is 5.54 Å². The molecule has 0 aliphatic heterocycles. The highest BCUT2D eigenvalue weighted by atomic mass is 16.3. The molecule has 0 saturated carbocycles. The standard InChI is InChI=1S/C23H21NO/c1-16(24-23(2,3)18-9-5-4-6-10-18)17-13-14-20-19-11-7-8-12-21(19)25-22(20)15-17/h4-15H,1-3H3/b24-16+. The monoisotopic (exact) mass is 327 g/mol. The van der Waals surface area contributed by atoms with Gasteiger partial charge in [0.2, 0.25) is 0 Å². The van der Waals surface area contributed by atoms with E-state index in [9.17, 15) is 0 Å². The quantitative estimate of drug-likeness (QED) is 0.404. The Labute approximate surface area is 147 Å². The van der Waals surface area contributed by atoms with Crippen molar-refractivity contribution in [1.82, 2.24) is 0 Å². The predicted molar refractivity (Wildman–Crippen MR) is 105 cm³/mol. The van der Waals surface area contributed by atoms with E-state index in [4.69, 9.17) is 9.41 Å². The van der Waals surface area contributed by atoms with E-state index in [0.717, 1.165) is 33.2 Å². The van der Waals surface area contributed by atoms with E-state index in [1.165, 1.54) is 5.56 Å². The van der Waals surface area contributed by atoms with Crippen molar-refractivity contribution in [3.8, 4) is 0 Å². The van der Waals surface area contributed by atoms with Crippen LogP contribution in [0.25, 0.3) is 21.9 Å². The first-order chi connectivity index (χ1) is 12.0. The molecule has 0 amide bonds. The highest BCUT2D eigenvalue weighted by Gasteiger charge is 2.19. The Morgan fingerprint density at radius 1 is 0.800 bits per heavy atom. The fourth-order valence-corrected chi connectivity index (χ4v) is 3.35. The van der Waals surface area contributed by atoms with Crippen molar-refractivity contribution < 1.29 is 4.42 Å². The maximum absolute atomic E-state index is 6.00. The Balaban J connectivity index is 1.77. The van der Waals surface area contributed by atoms with Gasteiger partial charge in [0.15, 0.2) is 0 Å². The average Bonchev–Trinajstić information content (AvgIpc) is 3.00. The summed E-state index contributed by atoms with van der Waals surface area (Å²) in [6.45, 7) is 6.35. The van der Waals surface area contributed by atoms with Crippen LogP contribution in [-0.4, -0.2) is 5.71 Å². The van der Waals surface area contributed by atoms with E-state index in [1.54, 1.807) is 0 Å². The fourth-order valence-electron chi connectivity index (χ4n) is 3.35. The maximum Gasteiger partial charge on any atom is 0.136 e. The SMILES string of the molecule is C/C(=N\C(C)(C)c1ccccc1)c1ccc2c(c1)oc1ccccc12. The predicted octanol–water partition coefficient (Wildman–Crippen LogP) is 6.33. The molecule has 3 aromatic carbocycles. The second kappa shape index (κ2) is 5.89. The lowest BCUT2D eigenvalue weighted by atomic mass is 9.94. The highest BCUT2D eigenvalue weighted by molar-refractivity contribution is 6.08. The Hall–Kier alpha value is -2.87. The number of fused-ring (bicyclic) bond motifs is 3. The van der Waals surface area contributed by atoms with Crippen LogP contribution in [0.4, 0.5) is 0 Å². The van der Waals surface area contributed by atoms with E-state index in [2.05, 4.69) is 69.3 Å². The molecule has 4 rings (SSSR count). The highest BCUT2D eigenvalue weighted by Crippen LogP contribution is 2.30. The third-order valence-electron chi connectivity index (χ3n) is 4.72. The largest absolute Gasteiger partial charge is 0.456 e. The van der Waals surface area contributed by atoms with Gasteiger partial charge in [-0.3, -0.25) is 4.99 Å². The fraction of sp³-hybridized carbons (Fsp3) is 0.174. The van der Waals surface area contributed by atoms with Gasteiger partial charge in [-0.2, -0.15) is 0 Å². The lowest BCUT2D eigenvalue weighted by Gasteiger charge is -2.21. The van der Waals surface area contributed by atoms with Crippen LogP contribution < -0.4 is 0 Å². The summed E-state index contributed by atoms with van der Waals surface area (Å²) in [4.78, 5) is 4.99. The zero-order valence-corrected chi connectivity index (χ0v) is 14.8. The van der Waals surface area contributed by atoms with E-state index in [-0.39, 0.29) is 5.54 Å². The molecule has 0 aliphatic rings. The number of rotatable bonds is 3. The molecule has 4 aromatic rings. The molecular weight excluding hydrogens is 306 g/mol. The first-order valence-electron chi connectivity index (χ1n) is 8.58. The Bertz CT molecular complexity index is 1070. The van der Waals surface area contributed by atoms with Gasteiger partial charge in [0.25, 0.3) is 0 Å². The van der Waals surface area contributed by atoms with Crippen molar-refractivity contribution in [1.29, 1.82) is 0 Å². The number of hydrogen-bond acceptors (Lipinski definition) is 2. The van der Waals surface area contributed by atoms with Gasteiger partial charge in [-0.1, -0.05) is 54.6 Å². The normalized spacial score (nSPS) is 12.8. The van der Waals surface area contributed by atoms with Gasteiger partial charge in [-0.05, 0) is 50.1 Å². The molecule has 25 heavy (non-hydrogen) atoms. The molecule has 2 heteroatoms. The lowest BCUT2D eigenvalue weighted by molar-refractivity contribution is 0.558. The number of hydrogen-bond donors (Lipinski definition) is 0. The van der Waals surface area contributed by atoms with Crippen LogP contribution in [0.5, 0.6) is 0 Å². The van der Waals surface area contributed by atoms with Crippen molar-refractivity contribution >= 4 is 27.7 Å². The minimum Gasteiger partial charge on any atom is -0.456 e. The first-order valence-corrected chi connectivity index (χ1v) is 8.58. The summed E-state index contributed by atoms with van der Waals surface area (Å²) in [7, 11) is 0. The second-order valence-corrected chi connectivity index (χ2v) is 6.93. The minimum atomic E-state index is -0.270. The van der Waals surface area contributed by atoms with Crippen molar-refractivity contribution in [3.05, 3.63) is 83.9 Å². The zero-order chi connectivity index (χ0) is 17.4. The molecule has 2 nitrogen and oxygen atoms in total. The Morgan fingerprint density at radius 2 is 1.48 bits per heavy atom. The summed E-state index contributed by atoms with van der Waals surface area (Å²) in [5, 5.41) is 2.30. The van der Waals surface area contributed by atoms with Crippen LogP contribution >= 0.6 is 0 Å². The number of nitrogens with zero attached hydrogens (tertiary/aromatic N) is 1. The molecule has 0 fully saturated rings.